The summed E-state index contributed by atoms with van der Waals surface area (Å²) in [5.41, 5.74) is 10.6. The lowest BCUT2D eigenvalue weighted by Crippen LogP contribution is -2.02. The van der Waals surface area contributed by atoms with Crippen molar-refractivity contribution in [2.24, 2.45) is 5.92 Å². The highest BCUT2D eigenvalue weighted by Crippen LogP contribution is 2.35. The van der Waals surface area contributed by atoms with E-state index in [1.165, 1.54) is 16.5 Å². The smallest absolute Gasteiger partial charge is 0.135 e. The van der Waals surface area contributed by atoms with Gasteiger partial charge in [0.2, 0.25) is 0 Å². The number of aromatic nitrogens is 5. The van der Waals surface area contributed by atoms with Crippen molar-refractivity contribution < 1.29 is 0 Å². The molecule has 0 saturated heterocycles. The molecule has 1 aromatic carbocycles. The predicted octanol–water partition coefficient (Wildman–Crippen LogP) is 7.87. The highest BCUT2D eigenvalue weighted by atomic mass is 32.1. The summed E-state index contributed by atoms with van der Waals surface area (Å²) >= 11 is 1.70. The largest absolute Gasteiger partial charge is 0.358 e. The third-order valence-electron chi connectivity index (χ3n) is 6.17. The van der Waals surface area contributed by atoms with Crippen LogP contribution in [-0.2, 0) is 0 Å². The van der Waals surface area contributed by atoms with Gasteiger partial charge in [0, 0.05) is 28.4 Å². The summed E-state index contributed by atoms with van der Waals surface area (Å²) in [5, 5.41) is 16.6. The minimum absolute atomic E-state index is 0.538. The molecule has 6 nitrogen and oxygen atoms in total. The predicted molar refractivity (Wildman–Crippen MR) is 150 cm³/mol. The fraction of sp³-hybridized carbons (Fsp3) is 0.138. The first-order valence-electron chi connectivity index (χ1n) is 11.9. The molecular formula is C29H26N6S. The van der Waals surface area contributed by atoms with E-state index in [0.717, 1.165) is 57.0 Å². The van der Waals surface area contributed by atoms with E-state index in [0.29, 0.717) is 5.92 Å². The average Bonchev–Trinajstić information content (AvgIpc) is 3.62. The summed E-state index contributed by atoms with van der Waals surface area (Å²) < 4.78 is 0. The van der Waals surface area contributed by atoms with Gasteiger partial charge in [0.05, 0.1) is 28.8 Å². The number of nitrogens with one attached hydrogen (secondary N) is 3. The number of thiophene rings is 1. The number of H-pyrrole nitrogens is 2. The van der Waals surface area contributed by atoms with Gasteiger partial charge in [0.25, 0.3) is 0 Å². The molecule has 0 fully saturated rings. The number of fused-ring (bicyclic) bond motifs is 2. The highest BCUT2D eigenvalue weighted by Gasteiger charge is 2.16. The molecule has 5 heterocycles. The van der Waals surface area contributed by atoms with Crippen molar-refractivity contribution in [3.8, 4) is 33.8 Å². The van der Waals surface area contributed by atoms with Crippen molar-refractivity contribution in [1.82, 2.24) is 25.1 Å². The van der Waals surface area contributed by atoms with Gasteiger partial charge in [-0.15, -0.1) is 0 Å². The molecule has 0 aliphatic heterocycles. The fourth-order valence-electron chi connectivity index (χ4n) is 4.60. The number of aromatic amines is 2. The van der Waals surface area contributed by atoms with Crippen molar-refractivity contribution in [1.29, 1.82) is 0 Å². The minimum atomic E-state index is 0.538. The molecule has 0 radical (unpaired) electrons. The number of pyridine rings is 2. The van der Waals surface area contributed by atoms with Crippen LogP contribution < -0.4 is 5.32 Å². The minimum Gasteiger partial charge on any atom is -0.358 e. The van der Waals surface area contributed by atoms with Gasteiger partial charge in [0.1, 0.15) is 11.2 Å². The maximum absolute atomic E-state index is 4.99. The van der Waals surface area contributed by atoms with Gasteiger partial charge >= 0.3 is 0 Å². The molecule has 36 heavy (non-hydrogen) atoms. The third kappa shape index (κ3) is 4.18. The highest BCUT2D eigenvalue weighted by molar-refractivity contribution is 7.08. The first-order chi connectivity index (χ1) is 17.5. The standard InChI is InChI=1S/C29H26N6S/c1-17(2)11-18(3)31-21-12-20(14-30-15-21)24-7-8-26-28(33-24)29(35-34-26)27-13-23-22(19-9-10-36-16-19)5-4-6-25(23)32-27/h4-10,12-17,31-32H,3,11H2,1-2H3,(H,34,35). The molecule has 3 N–H and O–H groups in total. The lowest BCUT2D eigenvalue weighted by atomic mass is 10.0. The van der Waals surface area contributed by atoms with Crippen molar-refractivity contribution in [2.75, 3.05) is 5.32 Å². The Kier molecular flexibility index (Phi) is 5.62. The number of nitrogens with zero attached hydrogens (tertiary/aromatic N) is 3. The maximum Gasteiger partial charge on any atom is 0.135 e. The molecule has 0 atom stereocenters. The van der Waals surface area contributed by atoms with Gasteiger partial charge in [-0.3, -0.25) is 10.1 Å². The second-order valence-corrected chi connectivity index (χ2v) is 10.2. The van der Waals surface area contributed by atoms with E-state index in [4.69, 9.17) is 4.98 Å². The Morgan fingerprint density at radius 3 is 2.81 bits per heavy atom. The van der Waals surface area contributed by atoms with Gasteiger partial charge in [-0.1, -0.05) is 32.6 Å². The van der Waals surface area contributed by atoms with Crippen LogP contribution in [0.1, 0.15) is 20.3 Å². The summed E-state index contributed by atoms with van der Waals surface area (Å²) in [7, 11) is 0. The third-order valence-corrected chi connectivity index (χ3v) is 6.85. The van der Waals surface area contributed by atoms with E-state index < -0.39 is 0 Å². The molecule has 0 aliphatic carbocycles. The topological polar surface area (TPSA) is 82.3 Å². The van der Waals surface area contributed by atoms with Gasteiger partial charge in [0.15, 0.2) is 0 Å². The zero-order valence-corrected chi connectivity index (χ0v) is 21.0. The van der Waals surface area contributed by atoms with E-state index in [2.05, 4.69) is 93.1 Å². The van der Waals surface area contributed by atoms with E-state index >= 15 is 0 Å². The number of rotatable bonds is 7. The zero-order chi connectivity index (χ0) is 24.6. The molecule has 0 bridgehead atoms. The molecule has 178 valence electrons. The Morgan fingerprint density at radius 2 is 1.97 bits per heavy atom. The molecule has 0 amide bonds. The summed E-state index contributed by atoms with van der Waals surface area (Å²) in [6, 6.07) is 16.7. The molecule has 0 spiro atoms. The normalized spacial score (nSPS) is 11.5. The van der Waals surface area contributed by atoms with Crippen LogP contribution in [0.4, 0.5) is 5.69 Å². The van der Waals surface area contributed by atoms with Gasteiger partial charge in [-0.25, -0.2) is 4.98 Å². The van der Waals surface area contributed by atoms with Crippen LogP contribution in [0.15, 0.2) is 84.0 Å². The fourth-order valence-corrected chi connectivity index (χ4v) is 5.25. The van der Waals surface area contributed by atoms with E-state index in [9.17, 15) is 0 Å². The number of benzene rings is 1. The quantitative estimate of drug-likeness (QED) is 0.213. The van der Waals surface area contributed by atoms with Crippen molar-refractivity contribution in [2.45, 2.75) is 20.3 Å². The Bertz CT molecular complexity index is 1690. The lowest BCUT2D eigenvalue weighted by molar-refractivity contribution is 0.645. The van der Waals surface area contributed by atoms with E-state index in [1.54, 1.807) is 11.3 Å². The maximum atomic E-state index is 4.99. The van der Waals surface area contributed by atoms with Crippen LogP contribution in [0.2, 0.25) is 0 Å². The Balaban J connectivity index is 1.38. The molecular weight excluding hydrogens is 464 g/mol. The van der Waals surface area contributed by atoms with Crippen LogP contribution >= 0.6 is 11.3 Å². The van der Waals surface area contributed by atoms with Crippen molar-refractivity contribution in [3.63, 3.8) is 0 Å². The number of allylic oxidation sites excluding steroid dienone is 1. The van der Waals surface area contributed by atoms with E-state index in [1.807, 2.05) is 24.5 Å². The van der Waals surface area contributed by atoms with Crippen LogP contribution in [0, 0.1) is 5.92 Å². The first-order valence-corrected chi connectivity index (χ1v) is 12.9. The van der Waals surface area contributed by atoms with Gasteiger partial charge in [-0.2, -0.15) is 16.4 Å². The van der Waals surface area contributed by atoms with Crippen LogP contribution in [0.5, 0.6) is 0 Å². The number of anilines is 1. The summed E-state index contributed by atoms with van der Waals surface area (Å²) in [6.07, 6.45) is 4.55. The Morgan fingerprint density at radius 1 is 1.06 bits per heavy atom. The average molecular weight is 491 g/mol. The number of hydrogen-bond acceptors (Lipinski definition) is 5. The van der Waals surface area contributed by atoms with Gasteiger partial charge < -0.3 is 10.3 Å². The van der Waals surface area contributed by atoms with Crippen molar-refractivity contribution in [3.05, 3.63) is 84.0 Å². The zero-order valence-electron chi connectivity index (χ0n) is 20.2. The second kappa shape index (κ2) is 9.09. The first kappa shape index (κ1) is 22.2. The second-order valence-electron chi connectivity index (χ2n) is 9.42. The SMILES string of the molecule is C=C(CC(C)C)Nc1cncc(-c2ccc3[nH]nc(-c4cc5c(-c6ccsc6)cccc5[nH]4)c3n2)c1. The molecule has 0 saturated carbocycles. The van der Waals surface area contributed by atoms with Crippen LogP contribution in [0.3, 0.4) is 0 Å². The molecule has 6 rings (SSSR count). The Hall–Kier alpha value is -4.23. The molecule has 0 unspecified atom stereocenters. The molecule has 0 aliphatic rings. The molecule has 7 heteroatoms. The lowest BCUT2D eigenvalue weighted by Gasteiger charge is -2.12. The molecule has 5 aromatic heterocycles. The van der Waals surface area contributed by atoms with Crippen molar-refractivity contribution >= 4 is 39.0 Å². The summed E-state index contributed by atoms with van der Waals surface area (Å²) in [6.45, 7) is 8.50. The summed E-state index contributed by atoms with van der Waals surface area (Å²) in [4.78, 5) is 13.0. The summed E-state index contributed by atoms with van der Waals surface area (Å²) in [5.74, 6) is 0.538. The monoisotopic (exact) mass is 490 g/mol. The van der Waals surface area contributed by atoms with Crippen LogP contribution in [0.25, 0.3) is 55.7 Å². The number of hydrogen-bond donors (Lipinski definition) is 3. The van der Waals surface area contributed by atoms with Crippen LogP contribution in [-0.4, -0.2) is 25.1 Å². The Labute approximate surface area is 213 Å². The molecule has 6 aromatic rings. The van der Waals surface area contributed by atoms with Gasteiger partial charge in [-0.05, 0) is 70.6 Å². The van der Waals surface area contributed by atoms with E-state index in [-0.39, 0.29) is 0 Å².